The Balaban J connectivity index is 1.76. The molecule has 2 aromatic carbocycles. The molecule has 0 saturated carbocycles. The van der Waals surface area contributed by atoms with E-state index in [4.69, 9.17) is 9.47 Å². The Hall–Kier alpha value is -2.79. The van der Waals surface area contributed by atoms with Crippen LogP contribution in [0.5, 0.6) is 11.5 Å². The highest BCUT2D eigenvalue weighted by atomic mass is 16.6. The molecule has 31 heavy (non-hydrogen) atoms. The van der Waals surface area contributed by atoms with E-state index in [-0.39, 0.29) is 11.3 Å². The van der Waals surface area contributed by atoms with E-state index in [1.807, 2.05) is 18.2 Å². The number of rotatable bonds is 8. The second-order valence-electron chi connectivity index (χ2n) is 8.80. The quantitative estimate of drug-likeness (QED) is 0.455. The normalized spacial score (nSPS) is 13.7. The molecule has 0 saturated heterocycles. The standard InChI is InChI=1S/C26H34N2O3/c1-5-27-14-6-7-20(19-8-10-21(11-9-19)26(2,3)4)17-25(29)28-22-12-13-23-24(18-22)31-16-15-30-23/h8-13,17-18,27H,5-7,14-16H2,1-4H3,(H,28,29). The summed E-state index contributed by atoms with van der Waals surface area (Å²) >= 11 is 0. The summed E-state index contributed by atoms with van der Waals surface area (Å²) in [7, 11) is 0. The largest absolute Gasteiger partial charge is 0.486 e. The second kappa shape index (κ2) is 10.5. The van der Waals surface area contributed by atoms with Crippen molar-refractivity contribution in [2.45, 2.75) is 46.0 Å². The molecule has 5 heteroatoms. The smallest absolute Gasteiger partial charge is 0.248 e. The van der Waals surface area contributed by atoms with Crippen molar-refractivity contribution < 1.29 is 14.3 Å². The molecule has 1 heterocycles. The maximum atomic E-state index is 12.8. The van der Waals surface area contributed by atoms with Crippen LogP contribution in [0.25, 0.3) is 5.57 Å². The topological polar surface area (TPSA) is 59.6 Å². The minimum Gasteiger partial charge on any atom is -0.486 e. The summed E-state index contributed by atoms with van der Waals surface area (Å²) in [6.07, 6.45) is 3.52. The molecule has 0 bridgehead atoms. The van der Waals surface area contributed by atoms with Gasteiger partial charge in [0.15, 0.2) is 11.5 Å². The molecule has 5 nitrogen and oxygen atoms in total. The lowest BCUT2D eigenvalue weighted by atomic mass is 9.86. The fraction of sp³-hybridized carbons (Fsp3) is 0.423. The molecule has 2 N–H and O–H groups in total. The van der Waals surface area contributed by atoms with Gasteiger partial charge in [-0.15, -0.1) is 0 Å². The van der Waals surface area contributed by atoms with Gasteiger partial charge in [-0.2, -0.15) is 0 Å². The number of carbonyl (C=O) groups is 1. The molecule has 0 aromatic heterocycles. The SMILES string of the molecule is CCNCCCC(=CC(=O)Nc1ccc2c(c1)OCCO2)c1ccc(C(C)(C)C)cc1. The third-order valence-corrected chi connectivity index (χ3v) is 5.29. The van der Waals surface area contributed by atoms with Crippen molar-refractivity contribution in [3.8, 4) is 11.5 Å². The van der Waals surface area contributed by atoms with E-state index in [9.17, 15) is 4.79 Å². The number of fused-ring (bicyclic) bond motifs is 1. The lowest BCUT2D eigenvalue weighted by Gasteiger charge is -2.20. The molecule has 0 unspecified atom stereocenters. The zero-order chi connectivity index (χ0) is 22.3. The summed E-state index contributed by atoms with van der Waals surface area (Å²) in [5.41, 5.74) is 4.20. The Kier molecular flexibility index (Phi) is 7.75. The summed E-state index contributed by atoms with van der Waals surface area (Å²) in [6.45, 7) is 11.7. The number of anilines is 1. The van der Waals surface area contributed by atoms with Crippen LogP contribution < -0.4 is 20.1 Å². The molecule has 1 amide bonds. The minimum atomic E-state index is -0.143. The Labute approximate surface area is 185 Å². The first-order chi connectivity index (χ1) is 14.9. The van der Waals surface area contributed by atoms with Crippen molar-refractivity contribution in [1.29, 1.82) is 0 Å². The average molecular weight is 423 g/mol. The van der Waals surface area contributed by atoms with Crippen LogP contribution in [-0.2, 0) is 10.2 Å². The van der Waals surface area contributed by atoms with Crippen LogP contribution in [0.2, 0.25) is 0 Å². The second-order valence-corrected chi connectivity index (χ2v) is 8.80. The number of hydrogen-bond donors (Lipinski definition) is 2. The highest BCUT2D eigenvalue weighted by molar-refractivity contribution is 6.04. The number of hydrogen-bond acceptors (Lipinski definition) is 4. The highest BCUT2D eigenvalue weighted by Gasteiger charge is 2.15. The molecule has 3 rings (SSSR count). The van der Waals surface area contributed by atoms with Gasteiger partial charge in [-0.05, 0) is 60.2 Å². The number of benzene rings is 2. The van der Waals surface area contributed by atoms with Crippen molar-refractivity contribution in [3.63, 3.8) is 0 Å². The molecular weight excluding hydrogens is 388 g/mol. The van der Waals surface area contributed by atoms with E-state index in [1.54, 1.807) is 6.08 Å². The zero-order valence-corrected chi connectivity index (χ0v) is 19.1. The molecule has 1 aliphatic rings. The molecule has 166 valence electrons. The van der Waals surface area contributed by atoms with Crippen molar-refractivity contribution in [2.24, 2.45) is 0 Å². The van der Waals surface area contributed by atoms with E-state index < -0.39 is 0 Å². The molecule has 2 aromatic rings. The van der Waals surface area contributed by atoms with Gasteiger partial charge in [0.1, 0.15) is 13.2 Å². The Morgan fingerprint density at radius 3 is 2.42 bits per heavy atom. The maximum absolute atomic E-state index is 12.8. The maximum Gasteiger partial charge on any atom is 0.248 e. The Morgan fingerprint density at radius 1 is 1.03 bits per heavy atom. The molecule has 1 aliphatic heterocycles. The van der Waals surface area contributed by atoms with Crippen LogP contribution in [0.4, 0.5) is 5.69 Å². The average Bonchev–Trinajstić information content (AvgIpc) is 2.75. The number of nitrogens with one attached hydrogen (secondary N) is 2. The van der Waals surface area contributed by atoms with Gasteiger partial charge in [-0.1, -0.05) is 52.0 Å². The monoisotopic (exact) mass is 422 g/mol. The fourth-order valence-electron chi connectivity index (χ4n) is 3.52. The van der Waals surface area contributed by atoms with Gasteiger partial charge >= 0.3 is 0 Å². The van der Waals surface area contributed by atoms with Crippen LogP contribution in [0.15, 0.2) is 48.5 Å². The van der Waals surface area contributed by atoms with Gasteiger partial charge in [0.25, 0.3) is 0 Å². The number of allylic oxidation sites excluding steroid dienone is 1. The van der Waals surface area contributed by atoms with Crippen LogP contribution in [0.1, 0.15) is 51.7 Å². The lowest BCUT2D eigenvalue weighted by Crippen LogP contribution is -2.16. The predicted molar refractivity (Wildman–Crippen MR) is 127 cm³/mol. The van der Waals surface area contributed by atoms with Gasteiger partial charge < -0.3 is 20.1 Å². The molecule has 0 radical (unpaired) electrons. The van der Waals surface area contributed by atoms with Crippen molar-refractivity contribution in [3.05, 3.63) is 59.7 Å². The molecular formula is C26H34N2O3. The summed E-state index contributed by atoms with van der Waals surface area (Å²) in [4.78, 5) is 12.8. The van der Waals surface area contributed by atoms with Crippen molar-refractivity contribution >= 4 is 17.2 Å². The predicted octanol–water partition coefficient (Wildman–Crippen LogP) is 5.17. The van der Waals surface area contributed by atoms with Crippen molar-refractivity contribution in [1.82, 2.24) is 5.32 Å². The molecule has 0 fully saturated rings. The number of amides is 1. The van der Waals surface area contributed by atoms with E-state index >= 15 is 0 Å². The molecule has 0 atom stereocenters. The van der Waals surface area contributed by atoms with Crippen LogP contribution in [0.3, 0.4) is 0 Å². The third kappa shape index (κ3) is 6.59. The van der Waals surface area contributed by atoms with E-state index in [0.717, 1.165) is 37.1 Å². The van der Waals surface area contributed by atoms with Gasteiger partial charge in [0, 0.05) is 17.8 Å². The van der Waals surface area contributed by atoms with Gasteiger partial charge in [0.05, 0.1) is 0 Å². The number of ether oxygens (including phenoxy) is 2. The number of carbonyl (C=O) groups excluding carboxylic acids is 1. The molecule has 0 aliphatic carbocycles. The summed E-state index contributed by atoms with van der Waals surface area (Å²) in [6, 6.07) is 14.0. The third-order valence-electron chi connectivity index (χ3n) is 5.29. The lowest BCUT2D eigenvalue weighted by molar-refractivity contribution is -0.111. The first-order valence-corrected chi connectivity index (χ1v) is 11.1. The van der Waals surface area contributed by atoms with Crippen LogP contribution >= 0.6 is 0 Å². The summed E-state index contributed by atoms with van der Waals surface area (Å²) < 4.78 is 11.2. The minimum absolute atomic E-state index is 0.100. The first-order valence-electron chi connectivity index (χ1n) is 11.1. The van der Waals surface area contributed by atoms with Crippen LogP contribution in [0, 0.1) is 0 Å². The first kappa shape index (κ1) is 22.9. The van der Waals surface area contributed by atoms with E-state index in [1.165, 1.54) is 5.56 Å². The highest BCUT2D eigenvalue weighted by Crippen LogP contribution is 2.33. The van der Waals surface area contributed by atoms with Gasteiger partial charge in [-0.3, -0.25) is 4.79 Å². The summed E-state index contributed by atoms with van der Waals surface area (Å²) in [5, 5.41) is 6.32. The Bertz CT molecular complexity index is 911. The van der Waals surface area contributed by atoms with Crippen molar-refractivity contribution in [2.75, 3.05) is 31.6 Å². The van der Waals surface area contributed by atoms with Crippen LogP contribution in [-0.4, -0.2) is 32.2 Å². The molecule has 0 spiro atoms. The fourth-order valence-corrected chi connectivity index (χ4v) is 3.52. The van der Waals surface area contributed by atoms with Gasteiger partial charge in [-0.25, -0.2) is 0 Å². The van der Waals surface area contributed by atoms with E-state index in [2.05, 4.69) is 62.6 Å². The summed E-state index contributed by atoms with van der Waals surface area (Å²) in [5.74, 6) is 1.23. The van der Waals surface area contributed by atoms with E-state index in [0.29, 0.717) is 30.4 Å². The zero-order valence-electron chi connectivity index (χ0n) is 19.1. The Morgan fingerprint density at radius 2 is 1.74 bits per heavy atom. The van der Waals surface area contributed by atoms with Gasteiger partial charge in [0.2, 0.25) is 5.91 Å².